The van der Waals surface area contributed by atoms with Crippen LogP contribution in [0, 0.1) is 0 Å². The molecule has 2 rings (SSSR count). The number of thioether (sulfide) groups is 1. The molecular weight excluding hydrogens is 228 g/mol. The molecule has 0 N–H and O–H groups in total. The summed E-state index contributed by atoms with van der Waals surface area (Å²) < 4.78 is 2.57. The molecule has 0 unspecified atom stereocenters. The summed E-state index contributed by atoms with van der Waals surface area (Å²) in [5.74, 6) is -0.0220. The Morgan fingerprint density at radius 3 is 2.67 bits per heavy atom. The predicted molar refractivity (Wildman–Crippen MR) is 66.3 cm³/mol. The van der Waals surface area contributed by atoms with Crippen LogP contribution in [0.2, 0.25) is 0 Å². The van der Waals surface area contributed by atoms with Crippen molar-refractivity contribution in [2.75, 3.05) is 7.05 Å². The van der Waals surface area contributed by atoms with Crippen molar-refractivity contribution < 1.29 is 4.79 Å². The van der Waals surface area contributed by atoms with Gasteiger partial charge >= 0.3 is 0 Å². The van der Waals surface area contributed by atoms with E-state index in [1.165, 1.54) is 16.7 Å². The molecule has 15 heavy (non-hydrogen) atoms. The zero-order valence-corrected chi connectivity index (χ0v) is 10.1. The summed E-state index contributed by atoms with van der Waals surface area (Å²) in [7, 11) is 3.64. The highest BCUT2D eigenvalue weighted by atomic mass is 32.2. The van der Waals surface area contributed by atoms with Gasteiger partial charge in [-0.05, 0) is 18.2 Å². The Bertz CT molecular complexity index is 462. The first-order valence-corrected chi connectivity index (χ1v) is 5.65. The zero-order chi connectivity index (χ0) is 11.0. The van der Waals surface area contributed by atoms with Crippen LogP contribution in [0.15, 0.2) is 23.2 Å². The molecule has 1 aliphatic heterocycles. The van der Waals surface area contributed by atoms with Gasteiger partial charge in [0, 0.05) is 26.0 Å². The molecular formula is C10H10N2OS2. The SMILES string of the molecule is CN1C(=O)/C(=C/c2cccn2C)SC1=S. The average molecular weight is 238 g/mol. The average Bonchev–Trinajstić information content (AvgIpc) is 2.69. The molecule has 0 bridgehead atoms. The summed E-state index contributed by atoms with van der Waals surface area (Å²) in [5, 5.41) is 0. The monoisotopic (exact) mass is 238 g/mol. The van der Waals surface area contributed by atoms with Gasteiger partial charge in [0.1, 0.15) is 4.32 Å². The standard InChI is InChI=1S/C10H10N2OS2/c1-11-5-3-4-7(11)6-8-9(13)12(2)10(14)15-8/h3-6H,1-2H3/b8-6-. The molecule has 0 aliphatic carbocycles. The summed E-state index contributed by atoms with van der Waals surface area (Å²) >= 11 is 6.39. The molecule has 5 heteroatoms. The van der Waals surface area contributed by atoms with Crippen molar-refractivity contribution in [3.05, 3.63) is 28.9 Å². The van der Waals surface area contributed by atoms with Crippen LogP contribution in [0.5, 0.6) is 0 Å². The molecule has 2 heterocycles. The first kappa shape index (κ1) is 10.4. The number of likely N-dealkylation sites (N-methyl/N-ethyl adjacent to an activating group) is 1. The first-order valence-electron chi connectivity index (χ1n) is 4.42. The molecule has 3 nitrogen and oxygen atoms in total. The molecule has 1 aliphatic rings. The van der Waals surface area contributed by atoms with Crippen LogP contribution in [-0.2, 0) is 11.8 Å². The highest BCUT2D eigenvalue weighted by Gasteiger charge is 2.28. The number of amides is 1. The number of nitrogens with zero attached hydrogens (tertiary/aromatic N) is 2. The van der Waals surface area contributed by atoms with Crippen LogP contribution in [-0.4, -0.2) is 26.7 Å². The smallest absolute Gasteiger partial charge is 0.265 e. The third kappa shape index (κ3) is 1.85. The highest BCUT2D eigenvalue weighted by molar-refractivity contribution is 8.26. The predicted octanol–water partition coefficient (Wildman–Crippen LogP) is 1.86. The Labute approximate surface area is 97.7 Å². The van der Waals surface area contributed by atoms with Gasteiger partial charge in [0.15, 0.2) is 0 Å². The van der Waals surface area contributed by atoms with Crippen LogP contribution in [0.25, 0.3) is 6.08 Å². The van der Waals surface area contributed by atoms with Crippen LogP contribution < -0.4 is 0 Å². The van der Waals surface area contributed by atoms with Crippen molar-refractivity contribution in [2.45, 2.75) is 0 Å². The molecule has 0 atom stereocenters. The number of rotatable bonds is 1. The van der Waals surface area contributed by atoms with E-state index in [4.69, 9.17) is 12.2 Å². The van der Waals surface area contributed by atoms with Gasteiger partial charge in [-0.3, -0.25) is 9.69 Å². The van der Waals surface area contributed by atoms with Crippen molar-refractivity contribution in [3.8, 4) is 0 Å². The van der Waals surface area contributed by atoms with Crippen molar-refractivity contribution in [3.63, 3.8) is 0 Å². The second kappa shape index (κ2) is 3.83. The number of aryl methyl sites for hydroxylation is 1. The lowest BCUT2D eigenvalue weighted by atomic mass is 10.3. The van der Waals surface area contributed by atoms with E-state index >= 15 is 0 Å². The fourth-order valence-electron chi connectivity index (χ4n) is 1.30. The van der Waals surface area contributed by atoms with Crippen LogP contribution in [0.1, 0.15) is 5.69 Å². The summed E-state index contributed by atoms with van der Waals surface area (Å²) in [6.07, 6.45) is 3.81. The fraction of sp³-hybridized carbons (Fsp3) is 0.200. The number of aromatic nitrogens is 1. The Morgan fingerprint density at radius 1 is 1.47 bits per heavy atom. The van der Waals surface area contributed by atoms with Gasteiger partial charge < -0.3 is 4.57 Å². The Balaban J connectivity index is 2.34. The van der Waals surface area contributed by atoms with Gasteiger partial charge in [-0.1, -0.05) is 24.0 Å². The van der Waals surface area contributed by atoms with Gasteiger partial charge in [0.05, 0.1) is 4.91 Å². The van der Waals surface area contributed by atoms with E-state index in [2.05, 4.69) is 0 Å². The summed E-state index contributed by atoms with van der Waals surface area (Å²) in [6, 6.07) is 3.90. The van der Waals surface area contributed by atoms with Gasteiger partial charge in [-0.2, -0.15) is 0 Å². The topological polar surface area (TPSA) is 25.2 Å². The minimum Gasteiger partial charge on any atom is -0.351 e. The number of hydrogen-bond acceptors (Lipinski definition) is 3. The molecule has 1 aromatic rings. The molecule has 0 saturated carbocycles. The van der Waals surface area contributed by atoms with Crippen LogP contribution >= 0.6 is 24.0 Å². The lowest BCUT2D eigenvalue weighted by Gasteiger charge is -2.03. The van der Waals surface area contributed by atoms with E-state index < -0.39 is 0 Å². The molecule has 1 aromatic heterocycles. The Hall–Kier alpha value is -1.07. The quantitative estimate of drug-likeness (QED) is 0.551. The minimum absolute atomic E-state index is 0.0220. The molecule has 1 saturated heterocycles. The number of hydrogen-bond donors (Lipinski definition) is 0. The van der Waals surface area contributed by atoms with Gasteiger partial charge in [-0.25, -0.2) is 0 Å². The number of carbonyl (C=O) groups is 1. The van der Waals surface area contributed by atoms with Crippen molar-refractivity contribution in [2.24, 2.45) is 7.05 Å². The molecule has 78 valence electrons. The maximum absolute atomic E-state index is 11.7. The lowest BCUT2D eigenvalue weighted by Crippen LogP contribution is -2.22. The lowest BCUT2D eigenvalue weighted by molar-refractivity contribution is -0.121. The second-order valence-corrected chi connectivity index (χ2v) is 4.96. The Kier molecular flexibility index (Phi) is 2.67. The highest BCUT2D eigenvalue weighted by Crippen LogP contribution is 2.31. The number of thiocarbonyl (C=S) groups is 1. The third-order valence-electron chi connectivity index (χ3n) is 2.25. The molecule has 0 radical (unpaired) electrons. The third-order valence-corrected chi connectivity index (χ3v) is 3.73. The maximum Gasteiger partial charge on any atom is 0.265 e. The van der Waals surface area contributed by atoms with E-state index in [9.17, 15) is 4.79 Å². The van der Waals surface area contributed by atoms with E-state index in [0.717, 1.165) is 5.69 Å². The maximum atomic E-state index is 11.7. The number of carbonyl (C=O) groups excluding carboxylic acids is 1. The van der Waals surface area contributed by atoms with E-state index in [0.29, 0.717) is 9.23 Å². The van der Waals surface area contributed by atoms with Crippen LogP contribution in [0.3, 0.4) is 0 Å². The van der Waals surface area contributed by atoms with E-state index in [1.54, 1.807) is 7.05 Å². The Morgan fingerprint density at radius 2 is 2.20 bits per heavy atom. The van der Waals surface area contributed by atoms with Gasteiger partial charge in [-0.15, -0.1) is 0 Å². The first-order chi connectivity index (χ1) is 7.09. The van der Waals surface area contributed by atoms with E-state index in [-0.39, 0.29) is 5.91 Å². The minimum atomic E-state index is -0.0220. The van der Waals surface area contributed by atoms with Crippen molar-refractivity contribution in [1.29, 1.82) is 0 Å². The summed E-state index contributed by atoms with van der Waals surface area (Å²) in [6.45, 7) is 0. The molecule has 0 spiro atoms. The van der Waals surface area contributed by atoms with E-state index in [1.807, 2.05) is 36.0 Å². The molecule has 1 amide bonds. The second-order valence-electron chi connectivity index (χ2n) is 3.28. The largest absolute Gasteiger partial charge is 0.351 e. The molecule has 1 fully saturated rings. The molecule has 0 aromatic carbocycles. The van der Waals surface area contributed by atoms with Crippen molar-refractivity contribution >= 4 is 40.3 Å². The zero-order valence-electron chi connectivity index (χ0n) is 8.43. The summed E-state index contributed by atoms with van der Waals surface area (Å²) in [4.78, 5) is 13.9. The normalized spacial score (nSPS) is 19.3. The van der Waals surface area contributed by atoms with Gasteiger partial charge in [0.2, 0.25) is 0 Å². The fourth-order valence-corrected chi connectivity index (χ4v) is 2.47. The van der Waals surface area contributed by atoms with Crippen molar-refractivity contribution in [1.82, 2.24) is 9.47 Å². The summed E-state index contributed by atoms with van der Waals surface area (Å²) in [5.41, 5.74) is 1.00. The van der Waals surface area contributed by atoms with Gasteiger partial charge in [0.25, 0.3) is 5.91 Å². The van der Waals surface area contributed by atoms with Crippen LogP contribution in [0.4, 0.5) is 0 Å².